The second kappa shape index (κ2) is 5.18. The highest BCUT2D eigenvalue weighted by Gasteiger charge is 2.23. The van der Waals surface area contributed by atoms with E-state index in [9.17, 15) is 4.79 Å². The Labute approximate surface area is 95.7 Å². The van der Waals surface area contributed by atoms with Gasteiger partial charge in [-0.25, -0.2) is 0 Å². The fourth-order valence-corrected chi connectivity index (χ4v) is 1.99. The number of ketones is 1. The zero-order chi connectivity index (χ0) is 11.4. The summed E-state index contributed by atoms with van der Waals surface area (Å²) in [5.74, 6) is 0.185. The topological polar surface area (TPSA) is 45.2 Å². The molecule has 1 atom stereocenters. The molecule has 0 amide bonds. The van der Waals surface area contributed by atoms with E-state index in [2.05, 4.69) is 15.2 Å². The lowest BCUT2D eigenvalue weighted by molar-refractivity contribution is 0.0820. The van der Waals surface area contributed by atoms with Gasteiger partial charge < -0.3 is 5.32 Å². The van der Waals surface area contributed by atoms with Gasteiger partial charge in [-0.2, -0.15) is 0 Å². The molecule has 1 aliphatic heterocycles. The molecule has 16 heavy (non-hydrogen) atoms. The van der Waals surface area contributed by atoms with Gasteiger partial charge in [0.25, 0.3) is 0 Å². The van der Waals surface area contributed by atoms with Crippen molar-refractivity contribution in [3.8, 4) is 0 Å². The molecule has 1 saturated heterocycles. The number of hydrogen-bond donors (Lipinski definition) is 1. The number of pyridine rings is 1. The summed E-state index contributed by atoms with van der Waals surface area (Å²) in [6.07, 6.45) is 3.33. The SMILES string of the molecule is CC(C(=O)c1ccncc1)N1CCNCC1. The first kappa shape index (κ1) is 11.2. The fourth-order valence-electron chi connectivity index (χ4n) is 1.99. The van der Waals surface area contributed by atoms with E-state index < -0.39 is 0 Å². The van der Waals surface area contributed by atoms with E-state index in [-0.39, 0.29) is 11.8 Å². The lowest BCUT2D eigenvalue weighted by atomic mass is 10.1. The molecule has 0 spiro atoms. The molecular formula is C12H17N3O. The minimum absolute atomic E-state index is 0.0375. The lowest BCUT2D eigenvalue weighted by Crippen LogP contribution is -2.50. The van der Waals surface area contributed by atoms with Gasteiger partial charge in [-0.3, -0.25) is 14.7 Å². The van der Waals surface area contributed by atoms with Crippen molar-refractivity contribution in [1.82, 2.24) is 15.2 Å². The van der Waals surface area contributed by atoms with Crippen molar-refractivity contribution in [2.45, 2.75) is 13.0 Å². The van der Waals surface area contributed by atoms with Gasteiger partial charge in [0.15, 0.2) is 5.78 Å². The summed E-state index contributed by atoms with van der Waals surface area (Å²) in [5.41, 5.74) is 0.751. The van der Waals surface area contributed by atoms with Gasteiger partial charge in [0, 0.05) is 44.1 Å². The van der Waals surface area contributed by atoms with Crippen LogP contribution in [-0.2, 0) is 0 Å². The van der Waals surface area contributed by atoms with Crippen molar-refractivity contribution in [1.29, 1.82) is 0 Å². The molecule has 4 nitrogen and oxygen atoms in total. The molecule has 1 N–H and O–H groups in total. The van der Waals surface area contributed by atoms with E-state index in [1.165, 1.54) is 0 Å². The maximum absolute atomic E-state index is 12.2. The van der Waals surface area contributed by atoms with Crippen LogP contribution in [0.1, 0.15) is 17.3 Å². The predicted molar refractivity (Wildman–Crippen MR) is 62.5 cm³/mol. The highest BCUT2D eigenvalue weighted by molar-refractivity contribution is 5.99. The molecule has 1 unspecified atom stereocenters. The Morgan fingerprint density at radius 3 is 2.62 bits per heavy atom. The van der Waals surface area contributed by atoms with Gasteiger partial charge in [0.2, 0.25) is 0 Å². The molecule has 1 aliphatic rings. The van der Waals surface area contributed by atoms with Gasteiger partial charge in [-0.05, 0) is 19.1 Å². The number of aromatic nitrogens is 1. The highest BCUT2D eigenvalue weighted by Crippen LogP contribution is 2.08. The average Bonchev–Trinajstić information content (AvgIpc) is 2.39. The molecule has 1 fully saturated rings. The van der Waals surface area contributed by atoms with E-state index in [1.54, 1.807) is 24.5 Å². The Morgan fingerprint density at radius 1 is 1.38 bits per heavy atom. The number of hydrogen-bond acceptors (Lipinski definition) is 4. The molecular weight excluding hydrogens is 202 g/mol. The van der Waals surface area contributed by atoms with E-state index in [0.717, 1.165) is 31.7 Å². The molecule has 0 radical (unpaired) electrons. The Balaban J connectivity index is 2.04. The normalized spacial score (nSPS) is 19.3. The Hall–Kier alpha value is -1.26. The van der Waals surface area contributed by atoms with Crippen LogP contribution in [0.15, 0.2) is 24.5 Å². The summed E-state index contributed by atoms with van der Waals surface area (Å²) < 4.78 is 0. The van der Waals surface area contributed by atoms with Gasteiger partial charge in [-0.15, -0.1) is 0 Å². The molecule has 0 aliphatic carbocycles. The maximum atomic E-state index is 12.2. The van der Waals surface area contributed by atoms with Crippen LogP contribution < -0.4 is 5.32 Å². The van der Waals surface area contributed by atoms with Crippen LogP contribution in [0.2, 0.25) is 0 Å². The lowest BCUT2D eigenvalue weighted by Gasteiger charge is -2.31. The van der Waals surface area contributed by atoms with E-state index in [0.29, 0.717) is 0 Å². The summed E-state index contributed by atoms with van der Waals surface area (Å²) in [4.78, 5) is 18.3. The number of nitrogens with zero attached hydrogens (tertiary/aromatic N) is 2. The number of Topliss-reactive ketones (excluding diaryl/α,β-unsaturated/α-hetero) is 1. The molecule has 0 aromatic carbocycles. The number of nitrogens with one attached hydrogen (secondary N) is 1. The number of carbonyl (C=O) groups is 1. The van der Waals surface area contributed by atoms with Crippen LogP contribution in [0.4, 0.5) is 0 Å². The molecule has 0 saturated carbocycles. The number of rotatable bonds is 3. The summed E-state index contributed by atoms with van der Waals surface area (Å²) >= 11 is 0. The zero-order valence-corrected chi connectivity index (χ0v) is 9.52. The summed E-state index contributed by atoms with van der Waals surface area (Å²) in [7, 11) is 0. The molecule has 1 aromatic heterocycles. The van der Waals surface area contributed by atoms with E-state index in [1.807, 2.05) is 6.92 Å². The second-order valence-electron chi connectivity index (χ2n) is 4.06. The quantitative estimate of drug-likeness (QED) is 0.754. The Morgan fingerprint density at radius 2 is 2.00 bits per heavy atom. The molecule has 86 valence electrons. The monoisotopic (exact) mass is 219 g/mol. The van der Waals surface area contributed by atoms with Crippen molar-refractivity contribution in [3.05, 3.63) is 30.1 Å². The average molecular weight is 219 g/mol. The third-order valence-electron chi connectivity index (χ3n) is 3.04. The number of piperazine rings is 1. The van der Waals surface area contributed by atoms with E-state index in [4.69, 9.17) is 0 Å². The maximum Gasteiger partial charge on any atom is 0.179 e. The summed E-state index contributed by atoms with van der Waals surface area (Å²) in [6, 6.07) is 3.52. The van der Waals surface area contributed by atoms with Crippen LogP contribution in [0.3, 0.4) is 0 Å². The number of carbonyl (C=O) groups excluding carboxylic acids is 1. The van der Waals surface area contributed by atoms with Crippen molar-refractivity contribution in [3.63, 3.8) is 0 Å². The molecule has 2 heterocycles. The van der Waals surface area contributed by atoms with Crippen molar-refractivity contribution < 1.29 is 4.79 Å². The minimum Gasteiger partial charge on any atom is -0.314 e. The summed E-state index contributed by atoms with van der Waals surface area (Å²) in [5, 5.41) is 3.29. The molecule has 1 aromatic rings. The van der Waals surface area contributed by atoms with Crippen LogP contribution in [-0.4, -0.2) is 47.9 Å². The highest BCUT2D eigenvalue weighted by atomic mass is 16.1. The zero-order valence-electron chi connectivity index (χ0n) is 9.52. The third kappa shape index (κ3) is 2.46. The summed E-state index contributed by atoms with van der Waals surface area (Å²) in [6.45, 7) is 5.80. The molecule has 2 rings (SSSR count). The minimum atomic E-state index is -0.0375. The first-order valence-corrected chi connectivity index (χ1v) is 5.68. The van der Waals surface area contributed by atoms with Crippen molar-refractivity contribution in [2.24, 2.45) is 0 Å². The third-order valence-corrected chi connectivity index (χ3v) is 3.04. The van der Waals surface area contributed by atoms with Gasteiger partial charge in [0.05, 0.1) is 6.04 Å². The van der Waals surface area contributed by atoms with E-state index >= 15 is 0 Å². The van der Waals surface area contributed by atoms with Crippen LogP contribution in [0, 0.1) is 0 Å². The Kier molecular flexibility index (Phi) is 3.64. The van der Waals surface area contributed by atoms with Gasteiger partial charge in [-0.1, -0.05) is 0 Å². The predicted octanol–water partition coefficient (Wildman–Crippen LogP) is 0.558. The first-order valence-electron chi connectivity index (χ1n) is 5.68. The molecule has 4 heteroatoms. The van der Waals surface area contributed by atoms with Gasteiger partial charge >= 0.3 is 0 Å². The molecule has 0 bridgehead atoms. The van der Waals surface area contributed by atoms with Crippen molar-refractivity contribution in [2.75, 3.05) is 26.2 Å². The van der Waals surface area contributed by atoms with Crippen LogP contribution >= 0.6 is 0 Å². The Bertz CT molecular complexity index is 347. The first-order chi connectivity index (χ1) is 7.79. The largest absolute Gasteiger partial charge is 0.314 e. The fraction of sp³-hybridized carbons (Fsp3) is 0.500. The smallest absolute Gasteiger partial charge is 0.179 e. The van der Waals surface area contributed by atoms with Crippen molar-refractivity contribution >= 4 is 5.78 Å². The van der Waals surface area contributed by atoms with Gasteiger partial charge in [0.1, 0.15) is 0 Å². The van der Waals surface area contributed by atoms with Crippen LogP contribution in [0.25, 0.3) is 0 Å². The van der Waals surface area contributed by atoms with Crippen LogP contribution in [0.5, 0.6) is 0 Å². The standard InChI is InChI=1S/C12H17N3O/c1-10(15-8-6-14-7-9-15)12(16)11-2-4-13-5-3-11/h2-5,10,14H,6-9H2,1H3. The second-order valence-corrected chi connectivity index (χ2v) is 4.06.